The summed E-state index contributed by atoms with van der Waals surface area (Å²) in [5, 5.41) is 0. The van der Waals surface area contributed by atoms with E-state index in [2.05, 4.69) is 20.4 Å². The lowest BCUT2D eigenvalue weighted by molar-refractivity contribution is -0.139. The van der Waals surface area contributed by atoms with Gasteiger partial charge in [-0.25, -0.2) is 24.0 Å². The Morgan fingerprint density at radius 3 is 1.28 bits per heavy atom. The predicted octanol–water partition coefficient (Wildman–Crippen LogP) is 8.70. The fourth-order valence-corrected chi connectivity index (χ4v) is 5.21. The molecule has 0 spiro atoms. The van der Waals surface area contributed by atoms with Crippen molar-refractivity contribution < 1.29 is 47.7 Å². The lowest BCUT2D eigenvalue weighted by Crippen LogP contribution is -2.13. The van der Waals surface area contributed by atoms with Crippen LogP contribution in [-0.4, -0.2) is 29.8 Å². The minimum atomic E-state index is -0.741. The van der Waals surface area contributed by atoms with Gasteiger partial charge in [0.25, 0.3) is 0 Å². The standard InChI is InChI=1S/C44H38O10/c1-4-7-29-9-13-31(14-10-29)41(46)51-36-21-17-33(18-22-36)43(48)53-38-25-26-39(35(27-38)28-50-40(45)6-3)54-44(49)34-19-23-37(24-20-34)52-42(47)32-15-11-30(8-5-2)12-16-32/h6,9-27H,3-5,7-8,28H2,1-2H3. The Balaban J connectivity index is 1.21. The number of rotatable bonds is 15. The van der Waals surface area contributed by atoms with E-state index in [1.807, 2.05) is 24.3 Å². The lowest BCUT2D eigenvalue weighted by Gasteiger charge is -2.13. The molecule has 10 nitrogen and oxygen atoms in total. The molecule has 5 aromatic rings. The van der Waals surface area contributed by atoms with Crippen LogP contribution < -0.4 is 18.9 Å². The fraction of sp³-hybridized carbons (Fsp3) is 0.159. The van der Waals surface area contributed by atoms with Crippen LogP contribution in [0.25, 0.3) is 0 Å². The number of ether oxygens (including phenoxy) is 5. The zero-order valence-corrected chi connectivity index (χ0v) is 29.9. The van der Waals surface area contributed by atoms with Crippen LogP contribution in [0.1, 0.15) is 84.8 Å². The van der Waals surface area contributed by atoms with E-state index in [1.54, 1.807) is 24.3 Å². The van der Waals surface area contributed by atoms with Crippen LogP contribution in [0.15, 0.2) is 128 Å². The normalized spacial score (nSPS) is 10.5. The van der Waals surface area contributed by atoms with Crippen molar-refractivity contribution in [2.24, 2.45) is 0 Å². The van der Waals surface area contributed by atoms with Gasteiger partial charge in [-0.1, -0.05) is 57.5 Å². The van der Waals surface area contributed by atoms with Gasteiger partial charge in [0.05, 0.1) is 22.3 Å². The Labute approximate surface area is 312 Å². The third kappa shape index (κ3) is 10.6. The highest BCUT2D eigenvalue weighted by molar-refractivity contribution is 5.94. The Kier molecular flexibility index (Phi) is 13.2. The third-order valence-corrected chi connectivity index (χ3v) is 8.04. The van der Waals surface area contributed by atoms with E-state index < -0.39 is 29.8 Å². The molecule has 5 rings (SSSR count). The van der Waals surface area contributed by atoms with Gasteiger partial charge in [0.2, 0.25) is 0 Å². The van der Waals surface area contributed by atoms with Gasteiger partial charge in [-0.2, -0.15) is 0 Å². The van der Waals surface area contributed by atoms with Crippen LogP contribution in [-0.2, 0) is 29.0 Å². The average molecular weight is 727 g/mol. The molecule has 0 bridgehead atoms. The first-order valence-electron chi connectivity index (χ1n) is 17.3. The van der Waals surface area contributed by atoms with Crippen molar-refractivity contribution in [1.82, 2.24) is 0 Å². The molecule has 0 aromatic heterocycles. The number of benzene rings is 5. The smallest absolute Gasteiger partial charge is 0.343 e. The second-order valence-electron chi connectivity index (χ2n) is 12.1. The molecule has 0 fully saturated rings. The summed E-state index contributed by atoms with van der Waals surface area (Å²) in [5.74, 6) is -2.62. The molecule has 0 unspecified atom stereocenters. The average Bonchev–Trinajstić information content (AvgIpc) is 3.19. The molecule has 0 heterocycles. The third-order valence-electron chi connectivity index (χ3n) is 8.04. The summed E-state index contributed by atoms with van der Waals surface area (Å²) in [7, 11) is 0. The second kappa shape index (κ2) is 18.6. The molecular weight excluding hydrogens is 688 g/mol. The maximum absolute atomic E-state index is 13.1. The van der Waals surface area contributed by atoms with Gasteiger partial charge in [-0.05, 0) is 115 Å². The van der Waals surface area contributed by atoms with Crippen LogP contribution in [0.2, 0.25) is 0 Å². The fourth-order valence-electron chi connectivity index (χ4n) is 5.21. The van der Waals surface area contributed by atoms with Crippen molar-refractivity contribution in [1.29, 1.82) is 0 Å². The van der Waals surface area contributed by atoms with Gasteiger partial charge in [0.1, 0.15) is 29.6 Å². The Morgan fingerprint density at radius 1 is 0.500 bits per heavy atom. The molecule has 0 aliphatic heterocycles. The van der Waals surface area contributed by atoms with Crippen molar-refractivity contribution in [3.8, 4) is 23.0 Å². The number of esters is 5. The number of carbonyl (C=O) groups is 5. The van der Waals surface area contributed by atoms with Crippen molar-refractivity contribution in [3.63, 3.8) is 0 Å². The maximum Gasteiger partial charge on any atom is 0.343 e. The molecule has 0 aliphatic carbocycles. The summed E-state index contributed by atoms with van der Waals surface area (Å²) in [4.78, 5) is 63.1. The van der Waals surface area contributed by atoms with Crippen LogP contribution in [0, 0.1) is 0 Å². The molecule has 10 heteroatoms. The first-order chi connectivity index (χ1) is 26.1. The second-order valence-corrected chi connectivity index (χ2v) is 12.1. The highest BCUT2D eigenvalue weighted by Gasteiger charge is 2.18. The SMILES string of the molecule is C=CC(=O)OCc1cc(OC(=O)c2ccc(OC(=O)c3ccc(CCC)cc3)cc2)ccc1OC(=O)c1ccc(OC(=O)c2ccc(CCC)cc2)cc1. The molecule has 0 saturated heterocycles. The van der Waals surface area contributed by atoms with E-state index in [1.165, 1.54) is 66.7 Å². The summed E-state index contributed by atoms with van der Waals surface area (Å²) in [6.45, 7) is 7.22. The number of hydrogen-bond acceptors (Lipinski definition) is 10. The summed E-state index contributed by atoms with van der Waals surface area (Å²) in [5.41, 5.74) is 3.62. The largest absolute Gasteiger partial charge is 0.458 e. The summed E-state index contributed by atoms with van der Waals surface area (Å²) in [6, 6.07) is 30.3. The minimum Gasteiger partial charge on any atom is -0.458 e. The van der Waals surface area contributed by atoms with Gasteiger partial charge in [0, 0.05) is 11.6 Å². The van der Waals surface area contributed by atoms with Crippen molar-refractivity contribution in [2.75, 3.05) is 0 Å². The van der Waals surface area contributed by atoms with Crippen LogP contribution >= 0.6 is 0 Å². The summed E-state index contributed by atoms with van der Waals surface area (Å²) < 4.78 is 27.2. The van der Waals surface area contributed by atoms with E-state index in [0.29, 0.717) is 11.1 Å². The number of hydrogen-bond donors (Lipinski definition) is 0. The van der Waals surface area contributed by atoms with Crippen LogP contribution in [0.3, 0.4) is 0 Å². The van der Waals surface area contributed by atoms with E-state index >= 15 is 0 Å². The molecule has 0 saturated carbocycles. The van der Waals surface area contributed by atoms with Crippen molar-refractivity contribution >= 4 is 29.8 Å². The quantitative estimate of drug-likeness (QED) is 0.0586. The topological polar surface area (TPSA) is 132 Å². The molecule has 0 N–H and O–H groups in total. The van der Waals surface area contributed by atoms with Gasteiger partial charge in [-0.3, -0.25) is 0 Å². The Morgan fingerprint density at radius 2 is 0.870 bits per heavy atom. The first kappa shape index (κ1) is 38.4. The Bertz CT molecular complexity index is 2120. The van der Waals surface area contributed by atoms with Gasteiger partial charge < -0.3 is 23.7 Å². The number of aryl methyl sites for hydroxylation is 2. The molecule has 0 radical (unpaired) electrons. The molecule has 54 heavy (non-hydrogen) atoms. The van der Waals surface area contributed by atoms with Crippen molar-refractivity contribution in [3.05, 3.63) is 167 Å². The van der Waals surface area contributed by atoms with Gasteiger partial charge in [0.15, 0.2) is 0 Å². The minimum absolute atomic E-state index is 0.0462. The number of carbonyl (C=O) groups excluding carboxylic acids is 5. The summed E-state index contributed by atoms with van der Waals surface area (Å²) >= 11 is 0. The summed E-state index contributed by atoms with van der Waals surface area (Å²) in [6.07, 6.45) is 4.81. The lowest BCUT2D eigenvalue weighted by atomic mass is 10.1. The van der Waals surface area contributed by atoms with E-state index in [9.17, 15) is 24.0 Å². The van der Waals surface area contributed by atoms with E-state index in [0.717, 1.165) is 42.9 Å². The van der Waals surface area contributed by atoms with E-state index in [4.69, 9.17) is 23.7 Å². The highest BCUT2D eigenvalue weighted by Crippen LogP contribution is 2.28. The molecule has 274 valence electrons. The monoisotopic (exact) mass is 726 g/mol. The molecule has 0 atom stereocenters. The first-order valence-corrected chi connectivity index (χ1v) is 17.3. The van der Waals surface area contributed by atoms with Crippen LogP contribution in [0.5, 0.6) is 23.0 Å². The predicted molar refractivity (Wildman–Crippen MR) is 200 cm³/mol. The van der Waals surface area contributed by atoms with Crippen LogP contribution in [0.4, 0.5) is 0 Å². The zero-order chi connectivity index (χ0) is 38.5. The van der Waals surface area contributed by atoms with Gasteiger partial charge in [-0.15, -0.1) is 0 Å². The maximum atomic E-state index is 13.1. The van der Waals surface area contributed by atoms with E-state index in [-0.39, 0.29) is 46.3 Å². The molecular formula is C44H38O10. The Hall–Kier alpha value is -6.81. The molecule has 5 aromatic carbocycles. The van der Waals surface area contributed by atoms with Gasteiger partial charge >= 0.3 is 29.8 Å². The highest BCUT2D eigenvalue weighted by atomic mass is 16.6. The molecule has 0 aliphatic rings. The molecule has 0 amide bonds. The zero-order valence-electron chi connectivity index (χ0n) is 29.9. The van der Waals surface area contributed by atoms with Crippen molar-refractivity contribution in [2.45, 2.75) is 46.1 Å².